The first-order chi connectivity index (χ1) is 14.4. The molecule has 3 heterocycles. The lowest BCUT2D eigenvalue weighted by molar-refractivity contribution is 0.0112. The van der Waals surface area contributed by atoms with Crippen molar-refractivity contribution in [1.29, 1.82) is 0 Å². The van der Waals surface area contributed by atoms with Gasteiger partial charge in [-0.25, -0.2) is 4.79 Å². The average molecular weight is 417 g/mol. The number of nitrogens with zero attached hydrogens (tertiary/aromatic N) is 4. The summed E-state index contributed by atoms with van der Waals surface area (Å²) < 4.78 is 7.95. The van der Waals surface area contributed by atoms with Crippen molar-refractivity contribution in [2.24, 2.45) is 0 Å². The second-order valence-corrected chi connectivity index (χ2v) is 7.57. The van der Waals surface area contributed by atoms with Gasteiger partial charge in [-0.1, -0.05) is 6.07 Å². The maximum absolute atomic E-state index is 11.7. The minimum absolute atomic E-state index is 0.00714. The summed E-state index contributed by atoms with van der Waals surface area (Å²) in [5.41, 5.74) is 0.0200. The van der Waals surface area contributed by atoms with E-state index in [9.17, 15) is 15.0 Å². The average Bonchev–Trinajstić information content (AvgIpc) is 3.08. The maximum Gasteiger partial charge on any atom is 0.451 e. The smallest absolute Gasteiger partial charge is 0.451 e. The molecule has 0 spiro atoms. The van der Waals surface area contributed by atoms with Crippen molar-refractivity contribution in [2.45, 2.75) is 38.5 Å². The molecule has 2 aromatic rings. The number of aromatic carboxylic acids is 1. The second-order valence-electron chi connectivity index (χ2n) is 7.57. The van der Waals surface area contributed by atoms with E-state index < -0.39 is 18.8 Å². The van der Waals surface area contributed by atoms with Crippen LogP contribution >= 0.6 is 0 Å². The fraction of sp³-hybridized carbons (Fsp3) is 0.500. The Morgan fingerprint density at radius 2 is 2.10 bits per heavy atom. The number of aromatic hydroxyl groups is 1. The Kier molecular flexibility index (Phi) is 5.91. The van der Waals surface area contributed by atoms with Crippen molar-refractivity contribution < 1.29 is 29.8 Å². The van der Waals surface area contributed by atoms with Gasteiger partial charge in [0, 0.05) is 26.2 Å². The number of nitrogens with one attached hydrogen (secondary N) is 1. The molecule has 0 unspecified atom stereocenters. The van der Waals surface area contributed by atoms with Crippen LogP contribution in [0.1, 0.15) is 27.6 Å². The second kappa shape index (κ2) is 8.60. The third-order valence-electron chi connectivity index (χ3n) is 5.39. The highest BCUT2D eigenvalue weighted by Crippen LogP contribution is 2.34. The zero-order valence-corrected chi connectivity index (χ0v) is 16.4. The van der Waals surface area contributed by atoms with Crippen LogP contribution in [0.2, 0.25) is 6.32 Å². The first-order valence-corrected chi connectivity index (χ1v) is 9.87. The first-order valence-electron chi connectivity index (χ1n) is 9.87. The lowest BCUT2D eigenvalue weighted by Gasteiger charge is -2.39. The van der Waals surface area contributed by atoms with Gasteiger partial charge in [-0.15, -0.1) is 10.2 Å². The highest BCUT2D eigenvalue weighted by molar-refractivity contribution is 6.41. The SMILES string of the molecule is O=C(O)c1c(OC2CN(Cc3nnc4n3CCNC4)C2)ccc(CCB(O)O)c1O. The molecular formula is C18H24BN5O6. The van der Waals surface area contributed by atoms with Gasteiger partial charge in [-0.3, -0.25) is 4.90 Å². The van der Waals surface area contributed by atoms with E-state index in [1.54, 1.807) is 6.07 Å². The molecule has 160 valence electrons. The fourth-order valence-electron chi connectivity index (χ4n) is 3.78. The topological polar surface area (TPSA) is 153 Å². The molecule has 0 saturated carbocycles. The molecule has 11 nitrogen and oxygen atoms in total. The number of fused-ring (bicyclic) bond motifs is 1. The summed E-state index contributed by atoms with van der Waals surface area (Å²) in [6.07, 6.45) is -0.0651. The van der Waals surface area contributed by atoms with Gasteiger partial charge in [0.15, 0.2) is 0 Å². The summed E-state index contributed by atoms with van der Waals surface area (Å²) in [4.78, 5) is 13.8. The molecule has 12 heteroatoms. The molecule has 2 aliphatic heterocycles. The van der Waals surface area contributed by atoms with Gasteiger partial charge in [0.1, 0.15) is 34.8 Å². The van der Waals surface area contributed by atoms with Gasteiger partial charge in [-0.05, 0) is 24.4 Å². The van der Waals surface area contributed by atoms with E-state index in [0.717, 1.165) is 24.7 Å². The number of rotatable bonds is 8. The molecule has 4 rings (SSSR count). The van der Waals surface area contributed by atoms with Crippen LogP contribution in [0.5, 0.6) is 11.5 Å². The van der Waals surface area contributed by atoms with Gasteiger partial charge >= 0.3 is 13.1 Å². The van der Waals surface area contributed by atoms with E-state index in [2.05, 4.69) is 25.0 Å². The van der Waals surface area contributed by atoms with Crippen molar-refractivity contribution in [3.05, 3.63) is 34.9 Å². The molecule has 2 aliphatic rings. The number of carboxylic acids is 1. The maximum atomic E-state index is 11.7. The molecular weight excluding hydrogens is 393 g/mol. The van der Waals surface area contributed by atoms with Crippen LogP contribution in [0.4, 0.5) is 0 Å². The Bertz CT molecular complexity index is 930. The van der Waals surface area contributed by atoms with Crippen LogP contribution in [-0.4, -0.2) is 78.8 Å². The third kappa shape index (κ3) is 4.26. The molecule has 0 bridgehead atoms. The normalized spacial score (nSPS) is 16.7. The van der Waals surface area contributed by atoms with E-state index in [4.69, 9.17) is 14.8 Å². The Balaban J connectivity index is 1.38. The van der Waals surface area contributed by atoms with Crippen LogP contribution in [0.3, 0.4) is 0 Å². The van der Waals surface area contributed by atoms with Crippen LogP contribution in [0.25, 0.3) is 0 Å². The number of aromatic nitrogens is 3. The highest BCUT2D eigenvalue weighted by atomic mass is 16.5. The minimum Gasteiger partial charge on any atom is -0.507 e. The van der Waals surface area contributed by atoms with E-state index >= 15 is 0 Å². The van der Waals surface area contributed by atoms with Crippen LogP contribution < -0.4 is 10.1 Å². The molecule has 1 saturated heterocycles. The molecule has 0 radical (unpaired) electrons. The standard InChI is InChI=1S/C18H24BN5O6/c25-17-11(3-4-19(28)29)1-2-13(16(17)18(26)27)30-12-8-23(9-12)10-15-22-21-14-7-20-5-6-24(14)15/h1-2,12,20,25,28-29H,3-10H2,(H,26,27). The Hall–Kier alpha value is -2.67. The van der Waals surface area contributed by atoms with Crippen LogP contribution in [-0.2, 0) is 26.1 Å². The third-order valence-corrected chi connectivity index (χ3v) is 5.39. The molecule has 0 atom stereocenters. The largest absolute Gasteiger partial charge is 0.507 e. The van der Waals surface area contributed by atoms with Crippen molar-refractivity contribution in [3.8, 4) is 11.5 Å². The monoisotopic (exact) mass is 417 g/mol. The number of likely N-dealkylation sites (tertiary alicyclic amines) is 1. The predicted molar refractivity (Wildman–Crippen MR) is 105 cm³/mol. The van der Waals surface area contributed by atoms with Crippen LogP contribution in [0, 0.1) is 0 Å². The van der Waals surface area contributed by atoms with E-state index in [1.807, 2.05) is 0 Å². The van der Waals surface area contributed by atoms with E-state index in [-0.39, 0.29) is 30.2 Å². The molecule has 1 aromatic carbocycles. The van der Waals surface area contributed by atoms with Crippen LogP contribution in [0.15, 0.2) is 12.1 Å². The van der Waals surface area contributed by atoms with Crippen molar-refractivity contribution in [1.82, 2.24) is 25.0 Å². The predicted octanol–water partition coefficient (Wildman–Crippen LogP) is -0.936. The number of benzene rings is 1. The van der Waals surface area contributed by atoms with E-state index in [0.29, 0.717) is 31.7 Å². The number of hydrogen-bond acceptors (Lipinski definition) is 9. The van der Waals surface area contributed by atoms with Gasteiger partial charge in [0.25, 0.3) is 0 Å². The summed E-state index contributed by atoms with van der Waals surface area (Å²) in [6.45, 7) is 4.31. The lowest BCUT2D eigenvalue weighted by atomic mass is 9.82. The fourth-order valence-corrected chi connectivity index (χ4v) is 3.78. The molecule has 0 amide bonds. The molecule has 1 aromatic heterocycles. The summed E-state index contributed by atoms with van der Waals surface area (Å²) in [6, 6.07) is 3.05. The van der Waals surface area contributed by atoms with Gasteiger partial charge in [-0.2, -0.15) is 0 Å². The Morgan fingerprint density at radius 3 is 2.83 bits per heavy atom. The zero-order valence-electron chi connectivity index (χ0n) is 16.4. The van der Waals surface area contributed by atoms with Gasteiger partial charge in [0.2, 0.25) is 0 Å². The number of hydrogen-bond donors (Lipinski definition) is 5. The van der Waals surface area contributed by atoms with E-state index in [1.165, 1.54) is 6.07 Å². The summed E-state index contributed by atoms with van der Waals surface area (Å²) >= 11 is 0. The minimum atomic E-state index is -1.53. The molecule has 5 N–H and O–H groups in total. The zero-order chi connectivity index (χ0) is 21.3. The van der Waals surface area contributed by atoms with Crippen molar-refractivity contribution in [3.63, 3.8) is 0 Å². The van der Waals surface area contributed by atoms with Gasteiger partial charge in [0.05, 0.1) is 13.1 Å². The summed E-state index contributed by atoms with van der Waals surface area (Å²) in [7, 11) is -1.53. The summed E-state index contributed by atoms with van der Waals surface area (Å²) in [5, 5.41) is 49.6. The quantitative estimate of drug-likeness (QED) is 0.340. The van der Waals surface area contributed by atoms with Gasteiger partial charge < -0.3 is 34.9 Å². The highest BCUT2D eigenvalue weighted by Gasteiger charge is 2.32. The number of aryl methyl sites for hydroxylation is 1. The number of carboxylic acid groups (broad SMARTS) is 1. The molecule has 0 aliphatic carbocycles. The number of phenols is 1. The lowest BCUT2D eigenvalue weighted by Crippen LogP contribution is -2.53. The number of carbonyl (C=O) groups is 1. The Morgan fingerprint density at radius 1 is 1.30 bits per heavy atom. The Labute approximate surface area is 173 Å². The number of ether oxygens (including phenoxy) is 1. The van der Waals surface area contributed by atoms with Crippen molar-refractivity contribution >= 4 is 13.1 Å². The van der Waals surface area contributed by atoms with Crippen molar-refractivity contribution in [2.75, 3.05) is 19.6 Å². The molecule has 1 fully saturated rings. The summed E-state index contributed by atoms with van der Waals surface area (Å²) in [5.74, 6) is 0.238. The molecule has 30 heavy (non-hydrogen) atoms. The first kappa shape index (κ1) is 20.6.